The van der Waals surface area contributed by atoms with E-state index in [0.29, 0.717) is 35.0 Å². The summed E-state index contributed by atoms with van der Waals surface area (Å²) in [6.07, 6.45) is 4.13. The molecule has 28 heavy (non-hydrogen) atoms. The Hall–Kier alpha value is -3.45. The number of nitrogens with one attached hydrogen (secondary N) is 2. The number of ether oxygens (including phenoxy) is 1. The maximum absolute atomic E-state index is 12.4. The third-order valence-corrected chi connectivity index (χ3v) is 4.42. The smallest absolute Gasteiger partial charge is 0.257 e. The topological polar surface area (TPSA) is 93.2 Å². The van der Waals surface area contributed by atoms with Crippen molar-refractivity contribution < 1.29 is 14.3 Å². The lowest BCUT2D eigenvalue weighted by atomic mass is 10.0. The van der Waals surface area contributed by atoms with Crippen molar-refractivity contribution in [3.8, 4) is 11.6 Å². The molecule has 0 unspecified atom stereocenters. The lowest BCUT2D eigenvalue weighted by Crippen LogP contribution is -2.18. The highest BCUT2D eigenvalue weighted by atomic mass is 35.5. The molecule has 3 aromatic rings. The lowest BCUT2D eigenvalue weighted by Gasteiger charge is -2.18. The van der Waals surface area contributed by atoms with Crippen molar-refractivity contribution in [3.05, 3.63) is 71.1 Å². The molecule has 7 nitrogen and oxygen atoms in total. The van der Waals surface area contributed by atoms with Crippen LogP contribution in [0.25, 0.3) is 0 Å². The quantitative estimate of drug-likeness (QED) is 0.651. The molecule has 2 N–H and O–H groups in total. The minimum atomic E-state index is -0.361. The number of hydrogen-bond acceptors (Lipinski definition) is 5. The zero-order chi connectivity index (χ0) is 19.5. The number of carbonyl (C=O) groups excluding carboxylic acids is 2. The van der Waals surface area contributed by atoms with Crippen molar-refractivity contribution in [2.45, 2.75) is 12.8 Å². The molecule has 2 aromatic heterocycles. The van der Waals surface area contributed by atoms with E-state index in [0.717, 1.165) is 11.3 Å². The highest BCUT2D eigenvalue weighted by molar-refractivity contribution is 6.29. The zero-order valence-electron chi connectivity index (χ0n) is 14.6. The molecule has 0 aliphatic carbocycles. The van der Waals surface area contributed by atoms with Crippen molar-refractivity contribution in [2.75, 3.05) is 10.6 Å². The van der Waals surface area contributed by atoms with Gasteiger partial charge >= 0.3 is 0 Å². The molecule has 1 aromatic carbocycles. The van der Waals surface area contributed by atoms with Crippen LogP contribution in [-0.4, -0.2) is 21.8 Å². The number of halogens is 1. The fourth-order valence-corrected chi connectivity index (χ4v) is 2.91. The first-order chi connectivity index (χ1) is 13.6. The summed E-state index contributed by atoms with van der Waals surface area (Å²) in [5.41, 5.74) is 2.54. The fourth-order valence-electron chi connectivity index (χ4n) is 2.80. The molecule has 3 heterocycles. The van der Waals surface area contributed by atoms with E-state index in [1.807, 2.05) is 6.07 Å². The van der Waals surface area contributed by atoms with Crippen LogP contribution in [0.5, 0.6) is 11.6 Å². The highest BCUT2D eigenvalue weighted by Crippen LogP contribution is 2.32. The fraction of sp³-hybridized carbons (Fsp3) is 0.100. The molecular formula is C20H15ClN4O3. The number of fused-ring (bicyclic) bond motifs is 1. The molecule has 1 aliphatic heterocycles. The van der Waals surface area contributed by atoms with Gasteiger partial charge in [-0.2, -0.15) is 0 Å². The third-order valence-electron chi connectivity index (χ3n) is 4.20. The minimum absolute atomic E-state index is 0.0213. The molecule has 1 aliphatic rings. The third kappa shape index (κ3) is 3.94. The van der Waals surface area contributed by atoms with Crippen molar-refractivity contribution in [2.24, 2.45) is 0 Å². The Balaban J connectivity index is 1.55. The maximum Gasteiger partial charge on any atom is 0.257 e. The highest BCUT2D eigenvalue weighted by Gasteiger charge is 2.17. The Labute approximate surface area is 165 Å². The Morgan fingerprint density at radius 1 is 1.14 bits per heavy atom. The summed E-state index contributed by atoms with van der Waals surface area (Å²) in [5, 5.41) is 5.90. The molecule has 0 saturated heterocycles. The predicted octanol–water partition coefficient (Wildman–Crippen LogP) is 4.06. The van der Waals surface area contributed by atoms with E-state index < -0.39 is 0 Å². The van der Waals surface area contributed by atoms with E-state index >= 15 is 0 Å². The molecule has 4 rings (SSSR count). The Morgan fingerprint density at radius 3 is 2.86 bits per heavy atom. The van der Waals surface area contributed by atoms with Gasteiger partial charge in [-0.1, -0.05) is 17.7 Å². The van der Waals surface area contributed by atoms with Gasteiger partial charge in [0, 0.05) is 30.6 Å². The van der Waals surface area contributed by atoms with Gasteiger partial charge in [0.25, 0.3) is 5.91 Å². The van der Waals surface area contributed by atoms with Crippen LogP contribution in [-0.2, 0) is 11.2 Å². The van der Waals surface area contributed by atoms with Crippen LogP contribution in [0.4, 0.5) is 11.4 Å². The summed E-state index contributed by atoms with van der Waals surface area (Å²) < 4.78 is 5.85. The van der Waals surface area contributed by atoms with Gasteiger partial charge in [-0.3, -0.25) is 9.59 Å². The standard InChI is InChI=1S/C20H15ClN4O3/c21-17-7-4-13(11-23-17)19(27)25-15-2-1-9-22-20(15)28-14-6-3-12-5-8-18(26)24-16(12)10-14/h1-4,6-7,9-11H,5,8H2,(H,24,26)(H,25,27). The van der Waals surface area contributed by atoms with Crippen LogP contribution < -0.4 is 15.4 Å². The first-order valence-electron chi connectivity index (χ1n) is 8.57. The van der Waals surface area contributed by atoms with Crippen molar-refractivity contribution in [1.29, 1.82) is 0 Å². The summed E-state index contributed by atoms with van der Waals surface area (Å²) >= 11 is 5.75. The molecule has 140 valence electrons. The molecule has 8 heteroatoms. The second kappa shape index (κ2) is 7.66. The second-order valence-corrected chi connectivity index (χ2v) is 6.54. The first kappa shape index (κ1) is 17.9. The predicted molar refractivity (Wildman–Crippen MR) is 105 cm³/mol. The minimum Gasteiger partial charge on any atom is -0.437 e. The van der Waals surface area contributed by atoms with Crippen molar-refractivity contribution >= 4 is 34.8 Å². The number of pyridine rings is 2. The maximum atomic E-state index is 12.4. The zero-order valence-corrected chi connectivity index (χ0v) is 15.4. The number of carbonyl (C=O) groups is 2. The number of nitrogens with zero attached hydrogens (tertiary/aromatic N) is 2. The molecule has 0 spiro atoms. The van der Waals surface area contributed by atoms with Gasteiger partial charge in [0.1, 0.15) is 16.6 Å². The SMILES string of the molecule is O=C1CCc2ccc(Oc3ncccc3NC(=O)c3ccc(Cl)nc3)cc2N1. The van der Waals surface area contributed by atoms with Gasteiger partial charge in [0.2, 0.25) is 11.8 Å². The van der Waals surface area contributed by atoms with Crippen LogP contribution in [0.1, 0.15) is 22.3 Å². The van der Waals surface area contributed by atoms with E-state index in [-0.39, 0.29) is 17.7 Å². The average Bonchev–Trinajstić information content (AvgIpc) is 2.69. The lowest BCUT2D eigenvalue weighted by molar-refractivity contribution is -0.116. The number of rotatable bonds is 4. The summed E-state index contributed by atoms with van der Waals surface area (Å²) in [6, 6.07) is 12.0. The van der Waals surface area contributed by atoms with Gasteiger partial charge in [-0.15, -0.1) is 0 Å². The van der Waals surface area contributed by atoms with Crippen LogP contribution in [0.2, 0.25) is 5.15 Å². The average molecular weight is 395 g/mol. The number of amides is 2. The summed E-state index contributed by atoms with van der Waals surface area (Å²) in [5.74, 6) is 0.356. The van der Waals surface area contributed by atoms with Crippen molar-refractivity contribution in [3.63, 3.8) is 0 Å². The molecule has 0 radical (unpaired) electrons. The van der Waals surface area contributed by atoms with Crippen LogP contribution in [0.3, 0.4) is 0 Å². The largest absolute Gasteiger partial charge is 0.437 e. The molecule has 0 bridgehead atoms. The van der Waals surface area contributed by atoms with E-state index in [2.05, 4.69) is 20.6 Å². The van der Waals surface area contributed by atoms with Crippen molar-refractivity contribution in [1.82, 2.24) is 9.97 Å². The number of anilines is 2. The molecular weight excluding hydrogens is 380 g/mol. The summed E-state index contributed by atoms with van der Waals surface area (Å²) in [6.45, 7) is 0. The van der Waals surface area contributed by atoms with Gasteiger partial charge in [-0.25, -0.2) is 9.97 Å². The van der Waals surface area contributed by atoms with Crippen LogP contribution in [0.15, 0.2) is 54.9 Å². The number of aromatic nitrogens is 2. The Kier molecular flexibility index (Phi) is 4.90. The van der Waals surface area contributed by atoms with Crippen LogP contribution >= 0.6 is 11.6 Å². The van der Waals surface area contributed by atoms with Gasteiger partial charge < -0.3 is 15.4 Å². The first-order valence-corrected chi connectivity index (χ1v) is 8.95. The number of benzene rings is 1. The van der Waals surface area contributed by atoms with Crippen LogP contribution in [0, 0.1) is 0 Å². The molecule has 0 fully saturated rings. The second-order valence-electron chi connectivity index (χ2n) is 6.15. The van der Waals surface area contributed by atoms with Gasteiger partial charge in [0.05, 0.1) is 5.56 Å². The van der Waals surface area contributed by atoms with E-state index in [9.17, 15) is 9.59 Å². The van der Waals surface area contributed by atoms with E-state index in [1.54, 1.807) is 42.6 Å². The summed E-state index contributed by atoms with van der Waals surface area (Å²) in [4.78, 5) is 32.1. The molecule has 2 amide bonds. The van der Waals surface area contributed by atoms with Gasteiger partial charge in [0.15, 0.2) is 0 Å². The number of hydrogen-bond donors (Lipinski definition) is 2. The number of aryl methyl sites for hydroxylation is 1. The normalized spacial score (nSPS) is 12.7. The molecule has 0 atom stereocenters. The molecule has 0 saturated carbocycles. The monoisotopic (exact) mass is 394 g/mol. The Bertz CT molecular complexity index is 1050. The van der Waals surface area contributed by atoms with E-state index in [1.165, 1.54) is 6.20 Å². The summed E-state index contributed by atoms with van der Waals surface area (Å²) in [7, 11) is 0. The van der Waals surface area contributed by atoms with Gasteiger partial charge in [-0.05, 0) is 42.3 Å². The van der Waals surface area contributed by atoms with E-state index in [4.69, 9.17) is 16.3 Å². The Morgan fingerprint density at radius 2 is 2.04 bits per heavy atom.